The molecule has 5 heteroatoms. The fraction of sp³-hybridized carbons (Fsp3) is 0.429. The van der Waals surface area contributed by atoms with E-state index in [1.165, 1.54) is 0 Å². The highest BCUT2D eigenvalue weighted by molar-refractivity contribution is 5.78. The Labute approximate surface area is 111 Å². The third kappa shape index (κ3) is 4.06. The van der Waals surface area contributed by atoms with E-state index in [1.807, 2.05) is 30.3 Å². The van der Waals surface area contributed by atoms with Crippen LogP contribution in [0.1, 0.15) is 12.0 Å². The number of nitrogens with zero attached hydrogens (tertiary/aromatic N) is 1. The van der Waals surface area contributed by atoms with Gasteiger partial charge in [0.25, 0.3) is 0 Å². The molecule has 1 aromatic carbocycles. The Morgan fingerprint density at radius 3 is 2.58 bits per heavy atom. The number of ether oxygens (including phenoxy) is 1. The minimum Gasteiger partial charge on any atom is -0.481 e. The number of hydrogen-bond acceptors (Lipinski definition) is 3. The molecular weight excluding hydrogens is 246 g/mol. The number of rotatable bonds is 6. The van der Waals surface area contributed by atoms with Crippen molar-refractivity contribution in [2.45, 2.75) is 13.0 Å². The van der Waals surface area contributed by atoms with Gasteiger partial charge in [0.2, 0.25) is 5.91 Å². The lowest BCUT2D eigenvalue weighted by molar-refractivity contribution is -0.148. The first kappa shape index (κ1) is 13.5. The smallest absolute Gasteiger partial charge is 0.303 e. The lowest BCUT2D eigenvalue weighted by Crippen LogP contribution is -2.51. The molecule has 1 N–H and O–H groups in total. The summed E-state index contributed by atoms with van der Waals surface area (Å²) in [5.41, 5.74) is 1.03. The van der Waals surface area contributed by atoms with Crippen LogP contribution < -0.4 is 0 Å². The summed E-state index contributed by atoms with van der Waals surface area (Å²) in [5.74, 6) is -0.787. The first-order valence-corrected chi connectivity index (χ1v) is 6.26. The molecule has 1 aliphatic heterocycles. The van der Waals surface area contributed by atoms with Gasteiger partial charge >= 0.3 is 5.97 Å². The monoisotopic (exact) mass is 263 g/mol. The average Bonchev–Trinajstić information content (AvgIpc) is 2.34. The molecule has 5 nitrogen and oxygen atoms in total. The average molecular weight is 263 g/mol. The van der Waals surface area contributed by atoms with Crippen LogP contribution in [0.15, 0.2) is 30.3 Å². The first-order chi connectivity index (χ1) is 9.15. The summed E-state index contributed by atoms with van der Waals surface area (Å²) < 4.78 is 5.35. The minimum atomic E-state index is -0.808. The lowest BCUT2D eigenvalue weighted by Gasteiger charge is -2.38. The van der Waals surface area contributed by atoms with E-state index in [2.05, 4.69) is 0 Å². The molecule has 1 saturated heterocycles. The Bertz CT molecular complexity index is 440. The molecule has 0 saturated carbocycles. The molecule has 0 aliphatic carbocycles. The Balaban J connectivity index is 1.62. The van der Waals surface area contributed by atoms with E-state index in [4.69, 9.17) is 9.84 Å². The number of likely N-dealkylation sites (tertiary alicyclic amines) is 1. The van der Waals surface area contributed by atoms with Crippen LogP contribution in [-0.2, 0) is 20.9 Å². The molecule has 0 atom stereocenters. The molecule has 1 heterocycles. The number of carboxylic acids is 1. The van der Waals surface area contributed by atoms with E-state index in [0.29, 0.717) is 19.7 Å². The number of hydrogen-bond donors (Lipinski definition) is 1. The van der Waals surface area contributed by atoms with Crippen molar-refractivity contribution in [2.24, 2.45) is 5.92 Å². The van der Waals surface area contributed by atoms with Gasteiger partial charge in [-0.25, -0.2) is 0 Å². The molecule has 1 aromatic rings. The van der Waals surface area contributed by atoms with Gasteiger partial charge in [-0.3, -0.25) is 9.59 Å². The van der Waals surface area contributed by atoms with Crippen molar-refractivity contribution in [1.82, 2.24) is 4.90 Å². The van der Waals surface area contributed by atoms with Crippen molar-refractivity contribution in [2.75, 3.05) is 19.7 Å². The molecule has 2 rings (SSSR count). The van der Waals surface area contributed by atoms with Gasteiger partial charge in [0.05, 0.1) is 13.0 Å². The maximum Gasteiger partial charge on any atom is 0.303 e. The van der Waals surface area contributed by atoms with E-state index < -0.39 is 5.97 Å². The second-order valence-corrected chi connectivity index (χ2v) is 4.74. The third-order valence-electron chi connectivity index (χ3n) is 3.11. The van der Waals surface area contributed by atoms with E-state index >= 15 is 0 Å². The number of carboxylic acid groups (broad SMARTS) is 1. The predicted octanol–water partition coefficient (Wildman–Crippen LogP) is 1.14. The van der Waals surface area contributed by atoms with Crippen LogP contribution >= 0.6 is 0 Å². The van der Waals surface area contributed by atoms with Gasteiger partial charge in [-0.15, -0.1) is 0 Å². The minimum absolute atomic E-state index is 0.0503. The Morgan fingerprint density at radius 1 is 1.26 bits per heavy atom. The zero-order valence-corrected chi connectivity index (χ0v) is 10.6. The van der Waals surface area contributed by atoms with E-state index in [0.717, 1.165) is 5.56 Å². The predicted molar refractivity (Wildman–Crippen MR) is 68.4 cm³/mol. The molecule has 0 radical (unpaired) electrons. The van der Waals surface area contributed by atoms with Crippen LogP contribution in [0.25, 0.3) is 0 Å². The SMILES string of the molecule is O=C(O)CC1CN(C(=O)COCc2ccccc2)C1. The topological polar surface area (TPSA) is 66.8 Å². The number of carbonyl (C=O) groups excluding carboxylic acids is 1. The number of aliphatic carboxylic acids is 1. The second-order valence-electron chi connectivity index (χ2n) is 4.74. The highest BCUT2D eigenvalue weighted by Gasteiger charge is 2.31. The van der Waals surface area contributed by atoms with Crippen LogP contribution in [0.2, 0.25) is 0 Å². The van der Waals surface area contributed by atoms with Crippen molar-refractivity contribution in [3.63, 3.8) is 0 Å². The van der Waals surface area contributed by atoms with Crippen molar-refractivity contribution in [3.05, 3.63) is 35.9 Å². The Kier molecular flexibility index (Phi) is 4.52. The summed E-state index contributed by atoms with van der Waals surface area (Å²) >= 11 is 0. The summed E-state index contributed by atoms with van der Waals surface area (Å²) in [7, 11) is 0. The summed E-state index contributed by atoms with van der Waals surface area (Å²) in [4.78, 5) is 23.8. The molecule has 0 unspecified atom stereocenters. The van der Waals surface area contributed by atoms with Gasteiger partial charge in [0, 0.05) is 19.0 Å². The van der Waals surface area contributed by atoms with Gasteiger partial charge in [-0.1, -0.05) is 30.3 Å². The van der Waals surface area contributed by atoms with Gasteiger partial charge in [-0.05, 0) is 5.56 Å². The molecule has 19 heavy (non-hydrogen) atoms. The molecular formula is C14H17NO4. The van der Waals surface area contributed by atoms with Crippen LogP contribution in [0.3, 0.4) is 0 Å². The van der Waals surface area contributed by atoms with Crippen LogP contribution in [0.5, 0.6) is 0 Å². The Hall–Kier alpha value is -1.88. The maximum absolute atomic E-state index is 11.7. The van der Waals surface area contributed by atoms with Crippen LogP contribution in [0, 0.1) is 5.92 Å². The fourth-order valence-electron chi connectivity index (χ4n) is 2.07. The molecule has 0 bridgehead atoms. The van der Waals surface area contributed by atoms with Crippen LogP contribution in [-0.4, -0.2) is 41.6 Å². The highest BCUT2D eigenvalue weighted by Crippen LogP contribution is 2.19. The summed E-state index contributed by atoms with van der Waals surface area (Å²) in [6.45, 7) is 1.52. The highest BCUT2D eigenvalue weighted by atomic mass is 16.5. The largest absolute Gasteiger partial charge is 0.481 e. The van der Waals surface area contributed by atoms with E-state index in [-0.39, 0.29) is 24.9 Å². The van der Waals surface area contributed by atoms with Crippen molar-refractivity contribution in [3.8, 4) is 0 Å². The normalized spacial score (nSPS) is 15.1. The summed E-state index contributed by atoms with van der Waals surface area (Å²) in [6.07, 6.45) is 0.134. The number of benzene rings is 1. The fourth-order valence-corrected chi connectivity index (χ4v) is 2.07. The molecule has 0 aromatic heterocycles. The zero-order chi connectivity index (χ0) is 13.7. The van der Waals surface area contributed by atoms with E-state index in [1.54, 1.807) is 4.90 Å². The molecule has 1 amide bonds. The van der Waals surface area contributed by atoms with E-state index in [9.17, 15) is 9.59 Å². The van der Waals surface area contributed by atoms with Crippen molar-refractivity contribution in [1.29, 1.82) is 0 Å². The zero-order valence-electron chi connectivity index (χ0n) is 10.6. The molecule has 102 valence electrons. The second kappa shape index (κ2) is 6.33. The molecule has 1 fully saturated rings. The third-order valence-corrected chi connectivity index (χ3v) is 3.11. The van der Waals surface area contributed by atoms with Gasteiger partial charge in [-0.2, -0.15) is 0 Å². The summed E-state index contributed by atoms with van der Waals surface area (Å²) in [6, 6.07) is 9.66. The quantitative estimate of drug-likeness (QED) is 0.835. The van der Waals surface area contributed by atoms with Crippen molar-refractivity contribution >= 4 is 11.9 Å². The van der Waals surface area contributed by atoms with Gasteiger partial charge in [0.15, 0.2) is 0 Å². The van der Waals surface area contributed by atoms with Crippen molar-refractivity contribution < 1.29 is 19.4 Å². The van der Waals surface area contributed by atoms with Gasteiger partial charge < -0.3 is 14.7 Å². The molecule has 0 spiro atoms. The Morgan fingerprint density at radius 2 is 1.95 bits per heavy atom. The van der Waals surface area contributed by atoms with Crippen LogP contribution in [0.4, 0.5) is 0 Å². The summed E-state index contributed by atoms with van der Waals surface area (Å²) in [5, 5.41) is 8.61. The molecule has 1 aliphatic rings. The first-order valence-electron chi connectivity index (χ1n) is 6.26. The lowest BCUT2D eigenvalue weighted by atomic mass is 9.96. The number of amides is 1. The number of carbonyl (C=O) groups is 2. The van der Waals surface area contributed by atoms with Gasteiger partial charge in [0.1, 0.15) is 6.61 Å². The maximum atomic E-state index is 11.7. The standard InChI is InChI=1S/C14H17NO4/c16-13(15-7-12(8-15)6-14(17)18)10-19-9-11-4-2-1-3-5-11/h1-5,12H,6-10H2,(H,17,18).